The summed E-state index contributed by atoms with van der Waals surface area (Å²) in [5, 5.41) is 6.02. The summed E-state index contributed by atoms with van der Waals surface area (Å²) in [5.41, 5.74) is -0.247. The molecule has 0 spiro atoms. The van der Waals surface area contributed by atoms with Gasteiger partial charge in [0.15, 0.2) is 11.6 Å². The van der Waals surface area contributed by atoms with Crippen molar-refractivity contribution in [3.05, 3.63) is 78.3 Å². The second kappa shape index (κ2) is 12.7. The van der Waals surface area contributed by atoms with Crippen molar-refractivity contribution in [1.29, 1.82) is 0 Å². The molecule has 10 nitrogen and oxygen atoms in total. The molecule has 6 rings (SSSR count). The first-order valence-corrected chi connectivity index (χ1v) is 14.6. The number of hydrogen-bond acceptors (Lipinski definition) is 8. The van der Waals surface area contributed by atoms with Crippen molar-refractivity contribution in [1.82, 2.24) is 20.2 Å². The zero-order valence-corrected chi connectivity index (χ0v) is 24.2. The number of carbonyl (C=O) groups is 2. The van der Waals surface area contributed by atoms with E-state index in [4.69, 9.17) is 14.2 Å². The van der Waals surface area contributed by atoms with E-state index in [0.29, 0.717) is 66.9 Å². The highest BCUT2D eigenvalue weighted by atomic mass is 19.1. The Balaban J connectivity index is 1.04. The van der Waals surface area contributed by atoms with Gasteiger partial charge in [-0.25, -0.2) is 13.8 Å². The van der Waals surface area contributed by atoms with Gasteiger partial charge in [0.25, 0.3) is 0 Å². The number of rotatable bonds is 10. The number of anilines is 1. The molecular formula is C32H33F2N5O5. The van der Waals surface area contributed by atoms with E-state index in [-0.39, 0.29) is 12.2 Å². The maximum absolute atomic E-state index is 15.2. The second-order valence-corrected chi connectivity index (χ2v) is 11.2. The number of halogens is 2. The van der Waals surface area contributed by atoms with E-state index in [1.165, 1.54) is 30.3 Å². The fraction of sp³-hybridized carbons (Fsp3) is 0.375. The summed E-state index contributed by atoms with van der Waals surface area (Å²) >= 11 is 0. The third-order valence-corrected chi connectivity index (χ3v) is 8.09. The van der Waals surface area contributed by atoms with E-state index in [1.807, 2.05) is 0 Å². The van der Waals surface area contributed by atoms with Crippen LogP contribution in [0.3, 0.4) is 0 Å². The molecule has 1 unspecified atom stereocenters. The lowest BCUT2D eigenvalue weighted by Crippen LogP contribution is -2.45. The normalized spacial score (nSPS) is 21.2. The van der Waals surface area contributed by atoms with Gasteiger partial charge >= 0.3 is 0 Å². The minimum atomic E-state index is -1.23. The molecule has 2 atom stereocenters. The van der Waals surface area contributed by atoms with E-state index >= 15 is 4.39 Å². The molecule has 1 saturated heterocycles. The topological polar surface area (TPSA) is 115 Å². The minimum Gasteiger partial charge on any atom is -0.476 e. The van der Waals surface area contributed by atoms with Crippen LogP contribution in [0.1, 0.15) is 26.2 Å². The van der Waals surface area contributed by atoms with Gasteiger partial charge in [0.1, 0.15) is 23.6 Å². The van der Waals surface area contributed by atoms with Crippen LogP contribution in [0, 0.1) is 11.2 Å². The molecule has 2 N–H and O–H groups in total. The highest BCUT2D eigenvalue weighted by Crippen LogP contribution is 2.47. The van der Waals surface area contributed by atoms with Crippen LogP contribution >= 0.6 is 0 Å². The first-order chi connectivity index (χ1) is 21.3. The summed E-state index contributed by atoms with van der Waals surface area (Å²) in [6.07, 6.45) is 6.99. The van der Waals surface area contributed by atoms with E-state index in [2.05, 4.69) is 32.4 Å². The number of aromatic nitrogens is 2. The number of morpholine rings is 1. The number of allylic oxidation sites excluding steroid dienone is 1. The zero-order valence-electron chi connectivity index (χ0n) is 24.2. The molecule has 0 radical (unpaired) electrons. The molecule has 0 bridgehead atoms. The van der Waals surface area contributed by atoms with Gasteiger partial charge in [-0.05, 0) is 68.7 Å². The second-order valence-electron chi connectivity index (χ2n) is 11.2. The number of pyridine rings is 2. The average molecular weight is 606 g/mol. The van der Waals surface area contributed by atoms with Crippen LogP contribution in [0.2, 0.25) is 0 Å². The van der Waals surface area contributed by atoms with Crippen molar-refractivity contribution in [3.8, 4) is 11.6 Å². The fourth-order valence-corrected chi connectivity index (χ4v) is 5.27. The molecule has 3 heterocycles. The Bertz CT molecular complexity index is 1610. The molecule has 44 heavy (non-hydrogen) atoms. The lowest BCUT2D eigenvalue weighted by atomic mass is 10.0. The molecule has 3 aromatic rings. The zero-order chi connectivity index (χ0) is 30.7. The van der Waals surface area contributed by atoms with Crippen LogP contribution < -0.4 is 20.1 Å². The van der Waals surface area contributed by atoms with E-state index in [9.17, 15) is 14.0 Å². The van der Waals surface area contributed by atoms with Crippen LogP contribution in [0.5, 0.6) is 11.6 Å². The molecule has 1 saturated carbocycles. The van der Waals surface area contributed by atoms with Gasteiger partial charge in [-0.15, -0.1) is 0 Å². The molecule has 3 aliphatic rings. The lowest BCUT2D eigenvalue weighted by Gasteiger charge is -2.32. The van der Waals surface area contributed by atoms with E-state index in [1.54, 1.807) is 30.6 Å². The summed E-state index contributed by atoms with van der Waals surface area (Å²) in [5.74, 6) is -1.20. The number of hydrogen-bond donors (Lipinski definition) is 2. The molecule has 1 aromatic carbocycles. The van der Waals surface area contributed by atoms with Gasteiger partial charge < -0.3 is 24.8 Å². The molecule has 230 valence electrons. The minimum absolute atomic E-state index is 0.0122. The Morgan fingerprint density at radius 2 is 1.95 bits per heavy atom. The van der Waals surface area contributed by atoms with Crippen molar-refractivity contribution < 1.29 is 32.6 Å². The first-order valence-electron chi connectivity index (χ1n) is 14.6. The quantitative estimate of drug-likeness (QED) is 0.329. The third kappa shape index (κ3) is 6.56. The molecular weight excluding hydrogens is 572 g/mol. The van der Waals surface area contributed by atoms with Gasteiger partial charge in [0, 0.05) is 43.3 Å². The Morgan fingerprint density at radius 1 is 1.14 bits per heavy atom. The molecule has 1 aliphatic heterocycles. The number of nitrogens with one attached hydrogen (secondary N) is 2. The van der Waals surface area contributed by atoms with Crippen molar-refractivity contribution in [2.75, 3.05) is 38.2 Å². The summed E-state index contributed by atoms with van der Waals surface area (Å²) < 4.78 is 45.6. The van der Waals surface area contributed by atoms with Gasteiger partial charge in [0.2, 0.25) is 17.7 Å². The lowest BCUT2D eigenvalue weighted by molar-refractivity contribution is -0.134. The summed E-state index contributed by atoms with van der Waals surface area (Å²) in [6, 6.07) is 8.34. The van der Waals surface area contributed by atoms with Crippen LogP contribution in [-0.4, -0.2) is 71.7 Å². The Kier molecular flexibility index (Phi) is 8.53. The number of nitrogens with zero attached hydrogens (tertiary/aromatic N) is 3. The number of benzene rings is 1. The molecule has 12 heteroatoms. The van der Waals surface area contributed by atoms with Gasteiger partial charge in [-0.1, -0.05) is 0 Å². The van der Waals surface area contributed by atoms with Gasteiger partial charge in [-0.3, -0.25) is 19.5 Å². The first kappa shape index (κ1) is 29.6. The number of ether oxygens (including phenoxy) is 3. The highest BCUT2D eigenvalue weighted by Gasteiger charge is 2.56. The molecule has 2 aromatic heterocycles. The maximum atomic E-state index is 15.2. The van der Waals surface area contributed by atoms with E-state index in [0.717, 1.165) is 13.1 Å². The Labute approximate surface area is 253 Å². The summed E-state index contributed by atoms with van der Waals surface area (Å²) in [4.78, 5) is 36.9. The number of carbonyl (C=O) groups excluding carboxylic acids is 2. The maximum Gasteiger partial charge on any atom is 0.240 e. The van der Waals surface area contributed by atoms with E-state index < -0.39 is 34.9 Å². The molecule has 2 amide bonds. The van der Waals surface area contributed by atoms with Crippen molar-refractivity contribution in [2.24, 2.45) is 5.41 Å². The van der Waals surface area contributed by atoms with Crippen LogP contribution in [0.25, 0.3) is 10.9 Å². The summed E-state index contributed by atoms with van der Waals surface area (Å²) in [7, 11) is 0. The third-order valence-electron chi connectivity index (χ3n) is 8.09. The fourth-order valence-electron chi connectivity index (χ4n) is 5.27. The Hall–Kier alpha value is -4.42. The highest BCUT2D eigenvalue weighted by molar-refractivity contribution is 6.13. The average Bonchev–Trinajstić information content (AvgIpc) is 3.83. The largest absolute Gasteiger partial charge is 0.476 e. The predicted octanol–water partition coefficient (Wildman–Crippen LogP) is 4.29. The molecule has 2 aliphatic carbocycles. The monoisotopic (exact) mass is 605 g/mol. The predicted molar refractivity (Wildman–Crippen MR) is 158 cm³/mol. The summed E-state index contributed by atoms with van der Waals surface area (Å²) in [6.45, 7) is 5.64. The van der Waals surface area contributed by atoms with Crippen molar-refractivity contribution >= 4 is 28.4 Å². The van der Waals surface area contributed by atoms with Gasteiger partial charge in [0.05, 0.1) is 30.2 Å². The standard InChI is InChI=1S/C32H33F2N5O5/c1-20-19-42-14-12-39(20)13-15-43-29-17-26-24(18-36-29)27(8-11-35-26)44-28-7-6-23(16-25(28)34)38-31(41)32(9-10-32)30(40)37-22-4-2-21(33)3-5-22/h2-5,7-8,11,16-18,20,23H,6,9-10,12-15,19H2,1H3,(H,37,40)(H,38,41)/t20-,23?/m1/s1. The SMILES string of the molecule is C[C@@H]1COCCN1CCOc1cc2nccc(OC3=CCC(NC(=O)C4(C(=O)Nc5ccc(F)cc5)CC4)C=C3F)c2cn1. The van der Waals surface area contributed by atoms with Crippen molar-refractivity contribution in [2.45, 2.75) is 38.3 Å². The van der Waals surface area contributed by atoms with Gasteiger partial charge in [-0.2, -0.15) is 0 Å². The number of fused-ring (bicyclic) bond motifs is 1. The molecule has 2 fully saturated rings. The van der Waals surface area contributed by atoms with Crippen LogP contribution in [0.4, 0.5) is 14.5 Å². The van der Waals surface area contributed by atoms with Crippen molar-refractivity contribution in [3.63, 3.8) is 0 Å². The smallest absolute Gasteiger partial charge is 0.240 e. The Morgan fingerprint density at radius 3 is 2.70 bits per heavy atom. The van der Waals surface area contributed by atoms with Crippen LogP contribution in [0.15, 0.2) is 72.5 Å². The van der Waals surface area contributed by atoms with Crippen LogP contribution in [-0.2, 0) is 14.3 Å². The number of amides is 2.